The lowest BCUT2D eigenvalue weighted by atomic mass is 10.1. The van der Waals surface area contributed by atoms with Crippen molar-refractivity contribution in [1.82, 2.24) is 19.8 Å². The molecule has 0 unspecified atom stereocenters. The summed E-state index contributed by atoms with van der Waals surface area (Å²) < 4.78 is 0. The smallest absolute Gasteiger partial charge is 0.254 e. The van der Waals surface area contributed by atoms with Gasteiger partial charge in [-0.05, 0) is 18.2 Å². The molecule has 0 radical (unpaired) electrons. The standard InChI is InChI=1S/C15H16N4O/c1-2-5-18-6-8-19(9-7-18)15(20)12-3-4-13-14(10-12)17-11-16-13/h1,3-4,10-11H,5-9H2,(H,16,17). The topological polar surface area (TPSA) is 52.2 Å². The first-order chi connectivity index (χ1) is 9.78. The van der Waals surface area contributed by atoms with Crippen LogP contribution in [0.2, 0.25) is 0 Å². The molecule has 1 aliphatic heterocycles. The van der Waals surface area contributed by atoms with Crippen LogP contribution in [0.3, 0.4) is 0 Å². The highest BCUT2D eigenvalue weighted by Gasteiger charge is 2.21. The van der Waals surface area contributed by atoms with Crippen LogP contribution in [0.1, 0.15) is 10.4 Å². The van der Waals surface area contributed by atoms with E-state index in [-0.39, 0.29) is 5.91 Å². The average molecular weight is 268 g/mol. The second kappa shape index (κ2) is 5.35. The number of benzene rings is 1. The number of aromatic nitrogens is 2. The van der Waals surface area contributed by atoms with Crippen LogP contribution >= 0.6 is 0 Å². The summed E-state index contributed by atoms with van der Waals surface area (Å²) in [7, 11) is 0. The van der Waals surface area contributed by atoms with Crippen molar-refractivity contribution < 1.29 is 4.79 Å². The summed E-state index contributed by atoms with van der Waals surface area (Å²) in [5.74, 6) is 2.71. The molecule has 1 aromatic heterocycles. The number of nitrogens with one attached hydrogen (secondary N) is 1. The number of aromatic amines is 1. The van der Waals surface area contributed by atoms with E-state index in [1.54, 1.807) is 6.33 Å². The van der Waals surface area contributed by atoms with Gasteiger partial charge in [-0.1, -0.05) is 5.92 Å². The third kappa shape index (κ3) is 2.38. The van der Waals surface area contributed by atoms with E-state index < -0.39 is 0 Å². The van der Waals surface area contributed by atoms with E-state index in [0.717, 1.165) is 37.2 Å². The molecule has 1 aromatic carbocycles. The molecule has 20 heavy (non-hydrogen) atoms. The molecule has 0 spiro atoms. The van der Waals surface area contributed by atoms with Gasteiger partial charge in [0.15, 0.2) is 0 Å². The number of amides is 1. The molecule has 0 bridgehead atoms. The molecule has 2 heterocycles. The second-order valence-corrected chi connectivity index (χ2v) is 4.91. The quantitative estimate of drug-likeness (QED) is 0.825. The summed E-state index contributed by atoms with van der Waals surface area (Å²) in [6.45, 7) is 3.77. The van der Waals surface area contributed by atoms with E-state index in [2.05, 4.69) is 20.8 Å². The molecule has 1 N–H and O–H groups in total. The Bertz CT molecular complexity index is 662. The summed E-state index contributed by atoms with van der Waals surface area (Å²) >= 11 is 0. The minimum Gasteiger partial charge on any atom is -0.345 e. The fourth-order valence-corrected chi connectivity index (χ4v) is 2.49. The minimum absolute atomic E-state index is 0.0712. The molecule has 0 aliphatic carbocycles. The van der Waals surface area contributed by atoms with Crippen molar-refractivity contribution in [3.05, 3.63) is 30.1 Å². The maximum atomic E-state index is 12.5. The Hall–Kier alpha value is -2.32. The summed E-state index contributed by atoms with van der Waals surface area (Å²) in [4.78, 5) is 23.7. The van der Waals surface area contributed by atoms with Crippen molar-refractivity contribution in [2.24, 2.45) is 0 Å². The van der Waals surface area contributed by atoms with Crippen LogP contribution in [0.25, 0.3) is 11.0 Å². The van der Waals surface area contributed by atoms with E-state index in [0.29, 0.717) is 12.1 Å². The van der Waals surface area contributed by atoms with Gasteiger partial charge in [-0.25, -0.2) is 4.98 Å². The summed E-state index contributed by atoms with van der Waals surface area (Å²) in [6, 6.07) is 5.56. The largest absolute Gasteiger partial charge is 0.345 e. The van der Waals surface area contributed by atoms with Crippen LogP contribution in [0.15, 0.2) is 24.5 Å². The van der Waals surface area contributed by atoms with Gasteiger partial charge < -0.3 is 9.88 Å². The fraction of sp³-hybridized carbons (Fsp3) is 0.333. The number of carbonyl (C=O) groups excluding carboxylic acids is 1. The summed E-state index contributed by atoms with van der Waals surface area (Å²) in [6.07, 6.45) is 6.94. The third-order valence-corrected chi connectivity index (χ3v) is 3.64. The van der Waals surface area contributed by atoms with E-state index in [1.807, 2.05) is 23.1 Å². The zero-order chi connectivity index (χ0) is 13.9. The van der Waals surface area contributed by atoms with Gasteiger partial charge in [-0.3, -0.25) is 9.69 Å². The number of imidazole rings is 1. The summed E-state index contributed by atoms with van der Waals surface area (Å²) in [5, 5.41) is 0. The van der Waals surface area contributed by atoms with Crippen molar-refractivity contribution in [2.75, 3.05) is 32.7 Å². The first-order valence-corrected chi connectivity index (χ1v) is 6.66. The molecule has 1 fully saturated rings. The van der Waals surface area contributed by atoms with Crippen molar-refractivity contribution in [3.8, 4) is 12.3 Å². The van der Waals surface area contributed by atoms with E-state index in [4.69, 9.17) is 6.42 Å². The predicted molar refractivity (Wildman–Crippen MR) is 77.3 cm³/mol. The normalized spacial score (nSPS) is 16.2. The monoisotopic (exact) mass is 268 g/mol. The molecule has 1 aliphatic rings. The average Bonchev–Trinajstić information content (AvgIpc) is 2.95. The van der Waals surface area contributed by atoms with Crippen molar-refractivity contribution in [3.63, 3.8) is 0 Å². The van der Waals surface area contributed by atoms with Crippen LogP contribution < -0.4 is 0 Å². The van der Waals surface area contributed by atoms with Gasteiger partial charge in [-0.2, -0.15) is 0 Å². The van der Waals surface area contributed by atoms with Gasteiger partial charge in [0.1, 0.15) is 0 Å². The summed E-state index contributed by atoms with van der Waals surface area (Å²) in [5.41, 5.74) is 2.47. The van der Waals surface area contributed by atoms with Crippen LogP contribution in [0.5, 0.6) is 0 Å². The Morgan fingerprint density at radius 2 is 2.15 bits per heavy atom. The zero-order valence-electron chi connectivity index (χ0n) is 11.2. The highest BCUT2D eigenvalue weighted by Crippen LogP contribution is 2.14. The lowest BCUT2D eigenvalue weighted by molar-refractivity contribution is 0.0652. The highest BCUT2D eigenvalue weighted by atomic mass is 16.2. The number of nitrogens with zero attached hydrogens (tertiary/aromatic N) is 3. The predicted octanol–water partition coefficient (Wildman–Crippen LogP) is 0.954. The number of terminal acetylenes is 1. The van der Waals surface area contributed by atoms with Crippen LogP contribution in [0, 0.1) is 12.3 Å². The maximum Gasteiger partial charge on any atom is 0.254 e. The Kier molecular flexibility index (Phi) is 3.40. The highest BCUT2D eigenvalue weighted by molar-refractivity contribution is 5.97. The van der Waals surface area contributed by atoms with Gasteiger partial charge in [0.25, 0.3) is 5.91 Å². The molecular weight excluding hydrogens is 252 g/mol. The number of H-pyrrole nitrogens is 1. The first kappa shape index (κ1) is 12.7. The van der Waals surface area contributed by atoms with E-state index in [9.17, 15) is 4.79 Å². The van der Waals surface area contributed by atoms with Gasteiger partial charge in [0.2, 0.25) is 0 Å². The molecule has 2 aromatic rings. The molecule has 1 saturated heterocycles. The molecule has 0 saturated carbocycles. The van der Waals surface area contributed by atoms with Gasteiger partial charge >= 0.3 is 0 Å². The third-order valence-electron chi connectivity index (χ3n) is 3.64. The van der Waals surface area contributed by atoms with Crippen molar-refractivity contribution >= 4 is 16.9 Å². The first-order valence-electron chi connectivity index (χ1n) is 6.66. The lowest BCUT2D eigenvalue weighted by Gasteiger charge is -2.33. The Morgan fingerprint density at radius 3 is 2.90 bits per heavy atom. The molecule has 102 valence electrons. The number of fused-ring (bicyclic) bond motifs is 1. The number of hydrogen-bond donors (Lipinski definition) is 1. The Labute approximate surface area is 117 Å². The molecule has 5 heteroatoms. The zero-order valence-corrected chi connectivity index (χ0v) is 11.2. The second-order valence-electron chi connectivity index (χ2n) is 4.91. The van der Waals surface area contributed by atoms with Gasteiger partial charge in [0.05, 0.1) is 23.9 Å². The minimum atomic E-state index is 0.0712. The van der Waals surface area contributed by atoms with Gasteiger partial charge in [-0.15, -0.1) is 6.42 Å². The maximum absolute atomic E-state index is 12.5. The van der Waals surface area contributed by atoms with E-state index in [1.165, 1.54) is 0 Å². The van der Waals surface area contributed by atoms with Crippen molar-refractivity contribution in [2.45, 2.75) is 0 Å². The SMILES string of the molecule is C#CCN1CCN(C(=O)c2ccc3nc[nH]c3c2)CC1. The fourth-order valence-electron chi connectivity index (χ4n) is 2.49. The number of carbonyl (C=O) groups is 1. The van der Waals surface area contributed by atoms with Crippen LogP contribution in [-0.4, -0.2) is 58.4 Å². The molecule has 0 atom stereocenters. The Morgan fingerprint density at radius 1 is 1.35 bits per heavy atom. The Balaban J connectivity index is 1.71. The molecule has 1 amide bonds. The molecular formula is C15H16N4O. The molecule has 3 rings (SSSR count). The van der Waals surface area contributed by atoms with Crippen molar-refractivity contribution in [1.29, 1.82) is 0 Å². The van der Waals surface area contributed by atoms with E-state index >= 15 is 0 Å². The van der Waals surface area contributed by atoms with Crippen LogP contribution in [-0.2, 0) is 0 Å². The number of piperazine rings is 1. The lowest BCUT2D eigenvalue weighted by Crippen LogP contribution is -2.48. The van der Waals surface area contributed by atoms with Crippen LogP contribution in [0.4, 0.5) is 0 Å². The number of hydrogen-bond acceptors (Lipinski definition) is 3. The molecule has 5 nitrogen and oxygen atoms in total. The van der Waals surface area contributed by atoms with Gasteiger partial charge in [0, 0.05) is 31.7 Å². The number of rotatable bonds is 2.